The zero-order chi connectivity index (χ0) is 16.7. The summed E-state index contributed by atoms with van der Waals surface area (Å²) in [6.45, 7) is 3.62. The van der Waals surface area contributed by atoms with Gasteiger partial charge in [-0.05, 0) is 38.1 Å². The Balaban J connectivity index is 2.02. The first kappa shape index (κ1) is 16.5. The predicted molar refractivity (Wildman–Crippen MR) is 84.6 cm³/mol. The summed E-state index contributed by atoms with van der Waals surface area (Å²) in [6, 6.07) is 15.2. The van der Waals surface area contributed by atoms with E-state index in [9.17, 15) is 9.59 Å². The molecule has 23 heavy (non-hydrogen) atoms. The van der Waals surface area contributed by atoms with Crippen LogP contribution in [0.5, 0.6) is 11.5 Å². The van der Waals surface area contributed by atoms with Gasteiger partial charge < -0.3 is 14.2 Å². The van der Waals surface area contributed by atoms with Crippen molar-refractivity contribution in [2.75, 3.05) is 6.61 Å². The van der Waals surface area contributed by atoms with Crippen LogP contribution in [0.3, 0.4) is 0 Å². The van der Waals surface area contributed by atoms with Gasteiger partial charge in [-0.25, -0.2) is 9.59 Å². The van der Waals surface area contributed by atoms with Gasteiger partial charge in [0.2, 0.25) is 0 Å². The van der Waals surface area contributed by atoms with E-state index in [1.54, 1.807) is 62.4 Å². The van der Waals surface area contributed by atoms with Crippen LogP contribution in [0.2, 0.25) is 0 Å². The first-order valence-corrected chi connectivity index (χ1v) is 7.30. The number of hydrogen-bond acceptors (Lipinski definition) is 5. The Morgan fingerprint density at radius 2 is 1.70 bits per heavy atom. The molecule has 2 aromatic rings. The third kappa shape index (κ3) is 4.85. The van der Waals surface area contributed by atoms with Crippen molar-refractivity contribution in [3.8, 4) is 11.5 Å². The lowest BCUT2D eigenvalue weighted by Crippen LogP contribution is -2.26. The second-order valence-electron chi connectivity index (χ2n) is 4.74. The maximum Gasteiger partial charge on any atom is 0.347 e. The lowest BCUT2D eigenvalue weighted by atomic mass is 10.2. The number of esters is 2. The van der Waals surface area contributed by atoms with Crippen molar-refractivity contribution in [3.05, 3.63) is 60.2 Å². The van der Waals surface area contributed by atoms with Crippen LogP contribution in [-0.2, 0) is 9.53 Å². The summed E-state index contributed by atoms with van der Waals surface area (Å²) in [4.78, 5) is 23.6. The Labute approximate surface area is 134 Å². The molecule has 2 rings (SSSR count). The summed E-state index contributed by atoms with van der Waals surface area (Å²) < 4.78 is 15.7. The minimum absolute atomic E-state index is 0.293. The van der Waals surface area contributed by atoms with E-state index in [2.05, 4.69) is 0 Å². The second kappa shape index (κ2) is 7.98. The highest BCUT2D eigenvalue weighted by Gasteiger charge is 2.16. The van der Waals surface area contributed by atoms with Crippen molar-refractivity contribution in [1.82, 2.24) is 0 Å². The summed E-state index contributed by atoms with van der Waals surface area (Å²) in [7, 11) is 0. The van der Waals surface area contributed by atoms with Crippen molar-refractivity contribution in [1.29, 1.82) is 0 Å². The van der Waals surface area contributed by atoms with Gasteiger partial charge in [-0.1, -0.05) is 24.3 Å². The van der Waals surface area contributed by atoms with Gasteiger partial charge in [0.05, 0.1) is 12.2 Å². The molecule has 0 aliphatic carbocycles. The van der Waals surface area contributed by atoms with Crippen molar-refractivity contribution in [2.45, 2.75) is 20.0 Å². The van der Waals surface area contributed by atoms with Crippen LogP contribution >= 0.6 is 0 Å². The molecule has 0 aliphatic heterocycles. The molecule has 0 spiro atoms. The van der Waals surface area contributed by atoms with Gasteiger partial charge in [0, 0.05) is 6.07 Å². The summed E-state index contributed by atoms with van der Waals surface area (Å²) >= 11 is 0. The molecule has 2 aromatic carbocycles. The summed E-state index contributed by atoms with van der Waals surface area (Å²) in [5, 5.41) is 0. The van der Waals surface area contributed by atoms with Gasteiger partial charge in [0.1, 0.15) is 11.5 Å². The molecule has 5 nitrogen and oxygen atoms in total. The van der Waals surface area contributed by atoms with Gasteiger partial charge >= 0.3 is 11.9 Å². The van der Waals surface area contributed by atoms with E-state index in [0.29, 0.717) is 23.7 Å². The minimum Gasteiger partial charge on any atom is -0.479 e. The maximum atomic E-state index is 12.0. The number of hydrogen-bond donors (Lipinski definition) is 0. The summed E-state index contributed by atoms with van der Waals surface area (Å²) in [5.41, 5.74) is 0.457. The molecule has 0 fully saturated rings. The zero-order valence-electron chi connectivity index (χ0n) is 13.0. The highest BCUT2D eigenvalue weighted by atomic mass is 16.6. The topological polar surface area (TPSA) is 61.8 Å². The number of benzene rings is 2. The van der Waals surface area contributed by atoms with Crippen LogP contribution < -0.4 is 9.47 Å². The standard InChI is InChI=1S/C18H18O5/c1-3-21-17(19)13(2)22-15-10-7-11-16(12-15)23-18(20)14-8-5-4-6-9-14/h4-13H,3H2,1-2H3/t13-/m1/s1. The van der Waals surface area contributed by atoms with Gasteiger partial charge in [0.25, 0.3) is 0 Å². The highest BCUT2D eigenvalue weighted by Crippen LogP contribution is 2.21. The van der Waals surface area contributed by atoms with E-state index in [1.807, 2.05) is 6.07 Å². The van der Waals surface area contributed by atoms with Gasteiger partial charge in [0.15, 0.2) is 6.10 Å². The lowest BCUT2D eigenvalue weighted by molar-refractivity contribution is -0.150. The number of carbonyl (C=O) groups is 2. The van der Waals surface area contributed by atoms with Crippen molar-refractivity contribution in [2.24, 2.45) is 0 Å². The molecular weight excluding hydrogens is 296 g/mol. The summed E-state index contributed by atoms with van der Waals surface area (Å²) in [5.74, 6) is -0.142. The van der Waals surface area contributed by atoms with Crippen molar-refractivity contribution >= 4 is 11.9 Å². The molecule has 0 aliphatic rings. The average molecular weight is 314 g/mol. The van der Waals surface area contributed by atoms with E-state index < -0.39 is 18.0 Å². The molecule has 0 saturated carbocycles. The predicted octanol–water partition coefficient (Wildman–Crippen LogP) is 3.24. The lowest BCUT2D eigenvalue weighted by Gasteiger charge is -2.14. The first-order chi connectivity index (χ1) is 11.1. The minimum atomic E-state index is -0.741. The van der Waals surface area contributed by atoms with Crippen LogP contribution in [-0.4, -0.2) is 24.6 Å². The van der Waals surface area contributed by atoms with Crippen LogP contribution in [0.15, 0.2) is 54.6 Å². The number of carbonyl (C=O) groups excluding carboxylic acids is 2. The van der Waals surface area contributed by atoms with Crippen molar-refractivity contribution in [3.63, 3.8) is 0 Å². The Kier molecular flexibility index (Phi) is 5.74. The van der Waals surface area contributed by atoms with E-state index in [4.69, 9.17) is 14.2 Å². The molecule has 0 unspecified atom stereocenters. The van der Waals surface area contributed by atoms with Gasteiger partial charge in [-0.2, -0.15) is 0 Å². The fourth-order valence-corrected chi connectivity index (χ4v) is 1.86. The molecular formula is C18H18O5. The largest absolute Gasteiger partial charge is 0.479 e. The van der Waals surface area contributed by atoms with Crippen LogP contribution in [0.25, 0.3) is 0 Å². The molecule has 0 bridgehead atoms. The molecule has 120 valence electrons. The van der Waals surface area contributed by atoms with Crippen LogP contribution in [0.4, 0.5) is 0 Å². The Hall–Kier alpha value is -2.82. The Morgan fingerprint density at radius 3 is 2.39 bits per heavy atom. The maximum absolute atomic E-state index is 12.0. The second-order valence-corrected chi connectivity index (χ2v) is 4.74. The van der Waals surface area contributed by atoms with Crippen LogP contribution in [0.1, 0.15) is 24.2 Å². The fourth-order valence-electron chi connectivity index (χ4n) is 1.86. The fraction of sp³-hybridized carbons (Fsp3) is 0.222. The molecule has 0 aromatic heterocycles. The highest BCUT2D eigenvalue weighted by molar-refractivity contribution is 5.91. The smallest absolute Gasteiger partial charge is 0.347 e. The van der Waals surface area contributed by atoms with Gasteiger partial charge in [-0.3, -0.25) is 0 Å². The van der Waals surface area contributed by atoms with Crippen molar-refractivity contribution < 1.29 is 23.8 Å². The molecule has 0 radical (unpaired) electrons. The third-order valence-corrected chi connectivity index (χ3v) is 2.96. The molecule has 0 saturated heterocycles. The quantitative estimate of drug-likeness (QED) is 0.605. The monoisotopic (exact) mass is 314 g/mol. The molecule has 0 N–H and O–H groups in total. The normalized spacial score (nSPS) is 11.4. The number of rotatable bonds is 6. The zero-order valence-corrected chi connectivity index (χ0v) is 13.0. The number of ether oxygens (including phenoxy) is 3. The van der Waals surface area contributed by atoms with E-state index in [1.165, 1.54) is 0 Å². The first-order valence-electron chi connectivity index (χ1n) is 7.30. The molecule has 0 heterocycles. The van der Waals surface area contributed by atoms with E-state index in [0.717, 1.165) is 0 Å². The SMILES string of the molecule is CCOC(=O)[C@@H](C)Oc1cccc(OC(=O)c2ccccc2)c1. The van der Waals surface area contributed by atoms with E-state index in [-0.39, 0.29) is 0 Å². The Bertz CT molecular complexity index is 666. The third-order valence-electron chi connectivity index (χ3n) is 2.96. The molecule has 5 heteroatoms. The van der Waals surface area contributed by atoms with Crippen LogP contribution in [0, 0.1) is 0 Å². The average Bonchev–Trinajstić information content (AvgIpc) is 2.56. The molecule has 0 amide bonds. The Morgan fingerprint density at radius 1 is 1.00 bits per heavy atom. The summed E-state index contributed by atoms with van der Waals surface area (Å²) in [6.07, 6.45) is -0.741. The van der Waals surface area contributed by atoms with Gasteiger partial charge in [-0.15, -0.1) is 0 Å². The van der Waals surface area contributed by atoms with E-state index >= 15 is 0 Å². The molecule has 1 atom stereocenters.